The molecule has 0 spiro atoms. The highest BCUT2D eigenvalue weighted by molar-refractivity contribution is 7.15. The highest BCUT2D eigenvalue weighted by Crippen LogP contribution is 2.32. The molecule has 5 nitrogen and oxygen atoms in total. The van der Waals surface area contributed by atoms with E-state index in [1.165, 1.54) is 11.3 Å². The number of rotatable bonds is 5. The number of carboxylic acids is 1. The second-order valence-electron chi connectivity index (χ2n) is 4.51. The minimum atomic E-state index is -0.908. The summed E-state index contributed by atoms with van der Waals surface area (Å²) in [6.07, 6.45) is 4.66. The molecule has 3 aromatic heterocycles. The van der Waals surface area contributed by atoms with Gasteiger partial charge in [-0.15, -0.1) is 22.7 Å². The lowest BCUT2D eigenvalue weighted by Crippen LogP contribution is -1.96. The lowest BCUT2D eigenvalue weighted by atomic mass is 10.3. The van der Waals surface area contributed by atoms with E-state index in [1.54, 1.807) is 22.8 Å². The van der Waals surface area contributed by atoms with Crippen LogP contribution in [0.2, 0.25) is 0 Å². The number of hydrogen-bond donors (Lipinski definition) is 1. The van der Waals surface area contributed by atoms with Crippen molar-refractivity contribution in [1.82, 2.24) is 14.5 Å². The van der Waals surface area contributed by atoms with Crippen LogP contribution in [0.5, 0.6) is 0 Å². The molecule has 0 aromatic carbocycles. The molecule has 0 unspecified atom stereocenters. The Morgan fingerprint density at radius 2 is 2.24 bits per heavy atom. The van der Waals surface area contributed by atoms with E-state index in [2.05, 4.69) is 21.5 Å². The van der Waals surface area contributed by atoms with Gasteiger partial charge in [0.15, 0.2) is 0 Å². The van der Waals surface area contributed by atoms with Gasteiger partial charge in [-0.1, -0.05) is 6.92 Å². The fraction of sp³-hybridized carbons (Fsp3) is 0.214. The molecule has 0 radical (unpaired) electrons. The van der Waals surface area contributed by atoms with Crippen LogP contribution in [0, 0.1) is 0 Å². The Morgan fingerprint density at radius 3 is 2.95 bits per heavy atom. The van der Waals surface area contributed by atoms with Crippen LogP contribution in [0.3, 0.4) is 0 Å². The molecule has 7 heteroatoms. The quantitative estimate of drug-likeness (QED) is 0.775. The predicted octanol–water partition coefficient (Wildman–Crippen LogP) is 3.84. The summed E-state index contributed by atoms with van der Waals surface area (Å²) in [5, 5.41) is 13.5. The van der Waals surface area contributed by atoms with Crippen molar-refractivity contribution in [3.63, 3.8) is 0 Å². The normalized spacial score (nSPS) is 10.9. The Morgan fingerprint density at radius 1 is 1.38 bits per heavy atom. The monoisotopic (exact) mass is 319 g/mol. The van der Waals surface area contributed by atoms with Crippen molar-refractivity contribution in [2.45, 2.75) is 19.9 Å². The Hall–Kier alpha value is -1.99. The summed E-state index contributed by atoms with van der Waals surface area (Å²) in [6, 6.07) is 1.66. The van der Waals surface area contributed by atoms with Crippen LogP contribution in [0.15, 0.2) is 29.4 Å². The zero-order valence-corrected chi connectivity index (χ0v) is 12.9. The Balaban J connectivity index is 1.92. The van der Waals surface area contributed by atoms with E-state index >= 15 is 0 Å². The third-order valence-electron chi connectivity index (χ3n) is 3.00. The van der Waals surface area contributed by atoms with Crippen molar-refractivity contribution in [1.29, 1.82) is 0 Å². The number of nitrogens with zero attached hydrogens (tertiary/aromatic N) is 3. The van der Waals surface area contributed by atoms with E-state index in [9.17, 15) is 4.79 Å². The van der Waals surface area contributed by atoms with E-state index in [-0.39, 0.29) is 0 Å². The average molecular weight is 319 g/mol. The molecule has 21 heavy (non-hydrogen) atoms. The average Bonchev–Trinajstić information content (AvgIpc) is 3.18. The van der Waals surface area contributed by atoms with Crippen LogP contribution in [0.4, 0.5) is 0 Å². The number of thiophene rings is 1. The molecule has 3 heterocycles. The number of thiazole rings is 1. The van der Waals surface area contributed by atoms with Crippen LogP contribution in [0.25, 0.3) is 21.3 Å². The maximum absolute atomic E-state index is 10.9. The van der Waals surface area contributed by atoms with Gasteiger partial charge in [0.25, 0.3) is 0 Å². The summed E-state index contributed by atoms with van der Waals surface area (Å²) in [4.78, 5) is 20.6. The van der Waals surface area contributed by atoms with Crippen molar-refractivity contribution in [2.24, 2.45) is 0 Å². The number of carbonyl (C=O) groups is 1. The Kier molecular flexibility index (Phi) is 3.85. The smallest absolute Gasteiger partial charge is 0.336 e. The zero-order valence-electron chi connectivity index (χ0n) is 11.3. The highest BCUT2D eigenvalue weighted by Gasteiger charge is 2.13. The fourth-order valence-corrected chi connectivity index (χ4v) is 3.77. The van der Waals surface area contributed by atoms with Crippen molar-refractivity contribution in [3.8, 4) is 21.3 Å². The van der Waals surface area contributed by atoms with Gasteiger partial charge in [-0.3, -0.25) is 0 Å². The van der Waals surface area contributed by atoms with Gasteiger partial charge in [0.1, 0.15) is 5.01 Å². The summed E-state index contributed by atoms with van der Waals surface area (Å²) in [6.45, 7) is 3.03. The molecule has 0 saturated heterocycles. The van der Waals surface area contributed by atoms with E-state index in [0.29, 0.717) is 5.56 Å². The third-order valence-corrected chi connectivity index (χ3v) is 4.82. The summed E-state index contributed by atoms with van der Waals surface area (Å²) in [7, 11) is 0. The molecule has 0 atom stereocenters. The van der Waals surface area contributed by atoms with Gasteiger partial charge in [0.2, 0.25) is 0 Å². The number of carboxylic acid groups (broad SMARTS) is 1. The van der Waals surface area contributed by atoms with E-state index in [0.717, 1.165) is 34.2 Å². The molecular formula is C14H13N3O2S2. The number of hydrogen-bond acceptors (Lipinski definition) is 5. The predicted molar refractivity (Wildman–Crippen MR) is 83.9 cm³/mol. The highest BCUT2D eigenvalue weighted by atomic mass is 32.1. The first-order chi connectivity index (χ1) is 10.2. The van der Waals surface area contributed by atoms with Crippen molar-refractivity contribution in [3.05, 3.63) is 34.9 Å². The molecule has 0 amide bonds. The molecule has 0 aliphatic rings. The SMILES string of the molecule is CCCn1cncc1-c1nc(-c2cc(C(=O)O)cs2)cs1. The van der Waals surface area contributed by atoms with Gasteiger partial charge in [-0.25, -0.2) is 14.8 Å². The first-order valence-electron chi connectivity index (χ1n) is 6.47. The van der Waals surface area contributed by atoms with Crippen LogP contribution >= 0.6 is 22.7 Å². The number of imidazole rings is 1. The summed E-state index contributed by atoms with van der Waals surface area (Å²) in [5.74, 6) is -0.908. The molecule has 0 aliphatic heterocycles. The Bertz CT molecular complexity index is 773. The molecule has 0 bridgehead atoms. The van der Waals surface area contributed by atoms with Crippen molar-refractivity contribution in [2.75, 3.05) is 0 Å². The minimum absolute atomic E-state index is 0.306. The maximum Gasteiger partial charge on any atom is 0.336 e. The zero-order chi connectivity index (χ0) is 14.8. The van der Waals surface area contributed by atoms with E-state index in [1.807, 2.05) is 17.9 Å². The van der Waals surface area contributed by atoms with Crippen LogP contribution in [0.1, 0.15) is 23.7 Å². The lowest BCUT2D eigenvalue weighted by Gasteiger charge is -2.02. The van der Waals surface area contributed by atoms with Crippen molar-refractivity contribution < 1.29 is 9.90 Å². The van der Waals surface area contributed by atoms with Gasteiger partial charge in [0.05, 0.1) is 34.4 Å². The largest absolute Gasteiger partial charge is 0.478 e. The van der Waals surface area contributed by atoms with Gasteiger partial charge in [-0.2, -0.15) is 0 Å². The molecule has 3 aromatic rings. The first kappa shape index (κ1) is 14.0. The van der Waals surface area contributed by atoms with E-state index in [4.69, 9.17) is 5.11 Å². The molecule has 3 rings (SSSR count). The second-order valence-corrected chi connectivity index (χ2v) is 6.28. The second kappa shape index (κ2) is 5.79. The third kappa shape index (κ3) is 2.74. The van der Waals surface area contributed by atoms with Crippen LogP contribution in [-0.4, -0.2) is 25.6 Å². The maximum atomic E-state index is 10.9. The number of aromatic carboxylic acids is 1. The Labute approximate surface area is 129 Å². The van der Waals surface area contributed by atoms with Crippen LogP contribution < -0.4 is 0 Å². The summed E-state index contributed by atoms with van der Waals surface area (Å²) >= 11 is 2.94. The molecule has 1 N–H and O–H groups in total. The lowest BCUT2D eigenvalue weighted by molar-refractivity contribution is 0.0697. The topological polar surface area (TPSA) is 68.0 Å². The summed E-state index contributed by atoms with van der Waals surface area (Å²) in [5.41, 5.74) is 2.13. The molecule has 0 aliphatic carbocycles. The number of aryl methyl sites for hydroxylation is 1. The molecular weight excluding hydrogens is 306 g/mol. The number of aromatic nitrogens is 3. The van der Waals surface area contributed by atoms with Gasteiger partial charge in [-0.05, 0) is 12.5 Å². The van der Waals surface area contributed by atoms with Crippen molar-refractivity contribution >= 4 is 28.6 Å². The summed E-state index contributed by atoms with van der Waals surface area (Å²) < 4.78 is 2.08. The molecule has 0 saturated carbocycles. The standard InChI is InChI=1S/C14H13N3O2S2/c1-2-3-17-8-15-5-11(17)13-16-10(7-21-13)12-4-9(6-20-12)14(18)19/h4-8H,2-3H2,1H3,(H,18,19). The van der Waals surface area contributed by atoms with Crippen LogP contribution in [-0.2, 0) is 6.54 Å². The fourth-order valence-electron chi connectivity index (χ4n) is 2.01. The van der Waals surface area contributed by atoms with E-state index < -0.39 is 5.97 Å². The first-order valence-corrected chi connectivity index (χ1v) is 8.23. The molecule has 108 valence electrons. The van der Waals surface area contributed by atoms with Gasteiger partial charge < -0.3 is 9.67 Å². The minimum Gasteiger partial charge on any atom is -0.478 e. The van der Waals surface area contributed by atoms with Gasteiger partial charge in [0, 0.05) is 17.3 Å². The molecule has 0 fully saturated rings. The van der Waals surface area contributed by atoms with Gasteiger partial charge >= 0.3 is 5.97 Å².